The third kappa shape index (κ3) is 3.12. The molecule has 0 saturated carbocycles. The predicted molar refractivity (Wildman–Crippen MR) is 115 cm³/mol. The zero-order valence-electron chi connectivity index (χ0n) is 15.1. The minimum absolute atomic E-state index is 0.155. The van der Waals surface area contributed by atoms with E-state index in [0.717, 1.165) is 5.39 Å². The first kappa shape index (κ1) is 18.4. The van der Waals surface area contributed by atoms with E-state index < -0.39 is 5.56 Å². The summed E-state index contributed by atoms with van der Waals surface area (Å²) in [5, 5.41) is 9.09. The van der Waals surface area contributed by atoms with Crippen molar-refractivity contribution in [3.63, 3.8) is 0 Å². The molecule has 1 N–H and O–H groups in total. The van der Waals surface area contributed by atoms with Gasteiger partial charge in [0.2, 0.25) is 5.95 Å². The van der Waals surface area contributed by atoms with Gasteiger partial charge in [-0.3, -0.25) is 9.78 Å². The third-order valence-corrected chi connectivity index (χ3v) is 5.22. The van der Waals surface area contributed by atoms with Crippen molar-refractivity contribution in [1.82, 2.24) is 29.5 Å². The first-order chi connectivity index (χ1) is 14.6. The van der Waals surface area contributed by atoms with E-state index in [1.54, 1.807) is 18.2 Å². The molecule has 3 aromatic heterocycles. The Kier molecular flexibility index (Phi) is 4.50. The lowest BCUT2D eigenvalue weighted by Crippen LogP contribution is -2.11. The second-order valence-electron chi connectivity index (χ2n) is 6.27. The average Bonchev–Trinajstić information content (AvgIpc) is 3.10. The zero-order chi connectivity index (χ0) is 20.7. The Morgan fingerprint density at radius 1 is 0.967 bits per heavy atom. The van der Waals surface area contributed by atoms with Crippen LogP contribution in [0.1, 0.15) is 0 Å². The Morgan fingerprint density at radius 2 is 1.83 bits per heavy atom. The van der Waals surface area contributed by atoms with Gasteiger partial charge in [0.15, 0.2) is 11.5 Å². The maximum absolute atomic E-state index is 12.2. The molecule has 146 valence electrons. The highest BCUT2D eigenvalue weighted by Crippen LogP contribution is 2.33. The number of anilines is 2. The van der Waals surface area contributed by atoms with Crippen molar-refractivity contribution >= 4 is 51.4 Å². The highest BCUT2D eigenvalue weighted by Gasteiger charge is 2.17. The fourth-order valence-electron chi connectivity index (χ4n) is 3.02. The number of hydrogen-bond acceptors (Lipinski definition) is 7. The molecule has 3 heterocycles. The van der Waals surface area contributed by atoms with Crippen LogP contribution in [0.25, 0.3) is 27.9 Å². The summed E-state index contributed by atoms with van der Waals surface area (Å²) in [6, 6.07) is 12.7. The smallest absolute Gasteiger partial charge is 0.295 e. The molecule has 0 atom stereocenters. The Morgan fingerprint density at radius 3 is 2.73 bits per heavy atom. The number of para-hydroxylation sites is 1. The lowest BCUT2D eigenvalue weighted by molar-refractivity contribution is 0.947. The van der Waals surface area contributed by atoms with Gasteiger partial charge in [0.25, 0.3) is 5.56 Å². The van der Waals surface area contributed by atoms with Crippen LogP contribution in [-0.4, -0.2) is 29.5 Å². The molecule has 8 nitrogen and oxygen atoms in total. The lowest BCUT2D eigenvalue weighted by Gasteiger charge is -2.07. The SMILES string of the molecule is O=c1nccncc1Nc1nc2ccccc2c2nc(-c3cccc(Cl)c3Cl)nn12. The Balaban J connectivity index is 1.78. The van der Waals surface area contributed by atoms with Crippen molar-refractivity contribution in [2.75, 3.05) is 5.32 Å². The van der Waals surface area contributed by atoms with Crippen LogP contribution < -0.4 is 10.9 Å². The van der Waals surface area contributed by atoms with E-state index in [0.29, 0.717) is 32.6 Å². The summed E-state index contributed by atoms with van der Waals surface area (Å²) >= 11 is 12.5. The van der Waals surface area contributed by atoms with E-state index in [4.69, 9.17) is 23.2 Å². The molecule has 10 heteroatoms. The van der Waals surface area contributed by atoms with Crippen molar-refractivity contribution in [3.05, 3.63) is 81.5 Å². The molecule has 0 bridgehead atoms. The van der Waals surface area contributed by atoms with E-state index in [2.05, 4.69) is 30.4 Å². The average molecular weight is 436 g/mol. The van der Waals surface area contributed by atoms with Gasteiger partial charge < -0.3 is 5.32 Å². The molecule has 30 heavy (non-hydrogen) atoms. The molecule has 0 aliphatic heterocycles. The van der Waals surface area contributed by atoms with Gasteiger partial charge in [0, 0.05) is 23.3 Å². The highest BCUT2D eigenvalue weighted by molar-refractivity contribution is 6.43. The molecule has 0 aliphatic rings. The van der Waals surface area contributed by atoms with Crippen LogP contribution in [0.4, 0.5) is 11.6 Å². The van der Waals surface area contributed by atoms with E-state index in [9.17, 15) is 4.79 Å². The topological polar surface area (TPSA) is 98.0 Å². The van der Waals surface area contributed by atoms with E-state index in [1.807, 2.05) is 24.3 Å². The van der Waals surface area contributed by atoms with Gasteiger partial charge in [-0.1, -0.05) is 41.4 Å². The first-order valence-corrected chi connectivity index (χ1v) is 9.54. The number of nitrogens with one attached hydrogen (secondary N) is 1. The highest BCUT2D eigenvalue weighted by atomic mass is 35.5. The second kappa shape index (κ2) is 7.33. The summed E-state index contributed by atoms with van der Waals surface area (Å²) in [6.45, 7) is 0. The standard InChI is InChI=1S/C20H11Cl2N7O/c21-13-6-3-5-12(16(13)22)17-27-18-11-4-1-2-7-14(11)25-20(29(18)28-17)26-15-10-23-8-9-24-19(15)30/h1-10H,(H,24,25,26,30). The minimum Gasteiger partial charge on any atom is -0.318 e. The Hall–Kier alpha value is -3.62. The molecule has 2 aromatic carbocycles. The van der Waals surface area contributed by atoms with Gasteiger partial charge in [-0.15, -0.1) is 5.10 Å². The molecule has 0 aliphatic carbocycles. The Bertz CT molecular complexity index is 1490. The normalized spacial score (nSPS) is 11.1. The van der Waals surface area contributed by atoms with E-state index in [1.165, 1.54) is 23.1 Å². The maximum Gasteiger partial charge on any atom is 0.295 e. The molecule has 0 saturated heterocycles. The van der Waals surface area contributed by atoms with Crippen LogP contribution in [0.15, 0.2) is 65.8 Å². The molecule has 0 spiro atoms. The quantitative estimate of drug-likeness (QED) is 0.454. The van der Waals surface area contributed by atoms with Crippen LogP contribution in [0.5, 0.6) is 0 Å². The summed E-state index contributed by atoms with van der Waals surface area (Å²) in [5.74, 6) is 0.661. The molecule has 0 amide bonds. The lowest BCUT2D eigenvalue weighted by atomic mass is 10.2. The summed E-state index contributed by atoms with van der Waals surface area (Å²) in [4.78, 5) is 29.2. The van der Waals surface area contributed by atoms with Crippen LogP contribution >= 0.6 is 23.2 Å². The van der Waals surface area contributed by atoms with Crippen LogP contribution in [-0.2, 0) is 0 Å². The van der Waals surface area contributed by atoms with Crippen molar-refractivity contribution in [2.45, 2.75) is 0 Å². The molecular formula is C20H11Cl2N7O. The Labute approximate surface area is 179 Å². The summed E-state index contributed by atoms with van der Waals surface area (Å²) in [5.41, 5.74) is 1.48. The second-order valence-corrected chi connectivity index (χ2v) is 7.06. The monoisotopic (exact) mass is 435 g/mol. The van der Waals surface area contributed by atoms with E-state index >= 15 is 0 Å². The molecule has 5 rings (SSSR count). The van der Waals surface area contributed by atoms with Crippen molar-refractivity contribution in [1.29, 1.82) is 0 Å². The predicted octanol–water partition coefficient (Wildman–Crippen LogP) is 4.15. The number of halogens is 2. The van der Waals surface area contributed by atoms with Gasteiger partial charge in [0.05, 0.1) is 21.8 Å². The largest absolute Gasteiger partial charge is 0.318 e. The van der Waals surface area contributed by atoms with Gasteiger partial charge in [-0.25, -0.2) is 15.0 Å². The van der Waals surface area contributed by atoms with Crippen molar-refractivity contribution in [3.8, 4) is 11.4 Å². The third-order valence-electron chi connectivity index (χ3n) is 4.40. The van der Waals surface area contributed by atoms with Crippen LogP contribution in [0, 0.1) is 0 Å². The molecule has 0 radical (unpaired) electrons. The number of fused-ring (bicyclic) bond motifs is 3. The summed E-state index contributed by atoms with van der Waals surface area (Å²) in [7, 11) is 0. The van der Waals surface area contributed by atoms with Gasteiger partial charge >= 0.3 is 0 Å². The number of hydrogen-bond donors (Lipinski definition) is 1. The minimum atomic E-state index is -0.478. The van der Waals surface area contributed by atoms with Gasteiger partial charge in [0.1, 0.15) is 5.69 Å². The number of nitrogens with zero attached hydrogens (tertiary/aromatic N) is 6. The fourth-order valence-corrected chi connectivity index (χ4v) is 3.40. The zero-order valence-corrected chi connectivity index (χ0v) is 16.6. The number of benzene rings is 2. The van der Waals surface area contributed by atoms with Crippen LogP contribution in [0.2, 0.25) is 10.0 Å². The fraction of sp³-hybridized carbons (Fsp3) is 0. The van der Waals surface area contributed by atoms with Crippen LogP contribution in [0.3, 0.4) is 0 Å². The van der Waals surface area contributed by atoms with Gasteiger partial charge in [-0.2, -0.15) is 4.52 Å². The molecular weight excluding hydrogens is 425 g/mol. The number of rotatable bonds is 3. The van der Waals surface area contributed by atoms with Crippen molar-refractivity contribution in [2.24, 2.45) is 0 Å². The first-order valence-electron chi connectivity index (χ1n) is 8.79. The molecule has 5 aromatic rings. The van der Waals surface area contributed by atoms with E-state index in [-0.39, 0.29) is 11.6 Å². The molecule has 0 unspecified atom stereocenters. The molecule has 0 fully saturated rings. The maximum atomic E-state index is 12.2. The number of aromatic nitrogens is 6. The summed E-state index contributed by atoms with van der Waals surface area (Å²) in [6.07, 6.45) is 4.13. The summed E-state index contributed by atoms with van der Waals surface area (Å²) < 4.78 is 1.52. The van der Waals surface area contributed by atoms with Gasteiger partial charge in [-0.05, 0) is 24.3 Å². The van der Waals surface area contributed by atoms with Crippen molar-refractivity contribution < 1.29 is 0 Å².